The van der Waals surface area contributed by atoms with E-state index in [4.69, 9.17) is 11.6 Å². The number of aromatic nitrogens is 2. The van der Waals surface area contributed by atoms with Crippen LogP contribution in [0.5, 0.6) is 0 Å². The minimum absolute atomic E-state index is 0.0672. The monoisotopic (exact) mass is 321 g/mol. The molecule has 0 saturated heterocycles. The fourth-order valence-electron chi connectivity index (χ4n) is 2.26. The number of hydrogen-bond acceptors (Lipinski definition) is 4. The third-order valence-electron chi connectivity index (χ3n) is 3.93. The summed E-state index contributed by atoms with van der Waals surface area (Å²) in [7, 11) is 0. The molecule has 2 aromatic heterocycles. The number of rotatable bonds is 5. The highest BCUT2D eigenvalue weighted by atomic mass is 35.5. The first-order valence-corrected chi connectivity index (χ1v) is 8.55. The van der Waals surface area contributed by atoms with Gasteiger partial charge in [-0.3, -0.25) is 0 Å². The quantitative estimate of drug-likeness (QED) is 0.806. The van der Waals surface area contributed by atoms with E-state index in [0.29, 0.717) is 11.1 Å². The molecule has 0 spiro atoms. The second kappa shape index (κ2) is 5.58. The molecule has 0 aromatic carbocycles. The van der Waals surface area contributed by atoms with Gasteiger partial charge in [0, 0.05) is 28.3 Å². The van der Waals surface area contributed by atoms with E-state index >= 15 is 0 Å². The van der Waals surface area contributed by atoms with Crippen molar-refractivity contribution >= 4 is 28.8 Å². The molecule has 2 heterocycles. The summed E-state index contributed by atoms with van der Waals surface area (Å²) in [4.78, 5) is 10.5. The molecule has 0 radical (unpaired) electrons. The summed E-state index contributed by atoms with van der Waals surface area (Å²) < 4.78 is 0. The predicted octanol–water partition coefficient (Wildman–Crippen LogP) is 4.77. The Kier molecular flexibility index (Phi) is 3.93. The van der Waals surface area contributed by atoms with E-state index in [9.17, 15) is 0 Å². The molecular weight excluding hydrogens is 302 g/mol. The lowest BCUT2D eigenvalue weighted by molar-refractivity contribution is 0.567. The summed E-state index contributed by atoms with van der Waals surface area (Å²) in [5.74, 6) is 2.28. The molecule has 3 rings (SSSR count). The highest BCUT2D eigenvalue weighted by molar-refractivity contribution is 7.10. The fourth-order valence-corrected chi connectivity index (χ4v) is 3.29. The van der Waals surface area contributed by atoms with Gasteiger partial charge in [-0.1, -0.05) is 31.5 Å². The molecule has 0 aliphatic heterocycles. The smallest absolute Gasteiger partial charge is 0.137 e. The van der Waals surface area contributed by atoms with E-state index in [1.54, 1.807) is 11.3 Å². The van der Waals surface area contributed by atoms with Crippen LogP contribution in [0.15, 0.2) is 17.5 Å². The average molecular weight is 322 g/mol. The molecule has 112 valence electrons. The molecule has 0 atom stereocenters. The number of hydrogen-bond donors (Lipinski definition) is 1. The van der Waals surface area contributed by atoms with E-state index in [0.717, 1.165) is 23.8 Å². The van der Waals surface area contributed by atoms with Crippen molar-refractivity contribution in [2.45, 2.75) is 44.9 Å². The summed E-state index contributed by atoms with van der Waals surface area (Å²) in [6.07, 6.45) is 2.36. The fraction of sp³-hybridized carbons (Fsp3) is 0.500. The zero-order valence-electron chi connectivity index (χ0n) is 12.6. The van der Waals surface area contributed by atoms with Gasteiger partial charge in [-0.15, -0.1) is 11.3 Å². The average Bonchev–Trinajstić information content (AvgIpc) is 3.14. The molecule has 1 aliphatic rings. The Morgan fingerprint density at radius 1 is 1.38 bits per heavy atom. The topological polar surface area (TPSA) is 37.8 Å². The normalized spacial score (nSPS) is 15.2. The first-order chi connectivity index (χ1) is 9.97. The molecular formula is C16H20ClN3S. The molecule has 0 unspecified atom stereocenters. The Balaban J connectivity index is 1.78. The summed E-state index contributed by atoms with van der Waals surface area (Å²) in [5, 5.41) is 6.17. The van der Waals surface area contributed by atoms with Gasteiger partial charge in [0.05, 0.1) is 0 Å². The molecule has 1 N–H and O–H groups in total. The maximum absolute atomic E-state index is 6.25. The van der Waals surface area contributed by atoms with Gasteiger partial charge in [-0.2, -0.15) is 0 Å². The Morgan fingerprint density at radius 2 is 2.14 bits per heavy atom. The van der Waals surface area contributed by atoms with E-state index in [2.05, 4.69) is 46.6 Å². The van der Waals surface area contributed by atoms with Crippen molar-refractivity contribution in [2.24, 2.45) is 0 Å². The van der Waals surface area contributed by atoms with Gasteiger partial charge in [0.15, 0.2) is 0 Å². The van der Waals surface area contributed by atoms with Crippen LogP contribution >= 0.6 is 22.9 Å². The van der Waals surface area contributed by atoms with Crippen LogP contribution in [0.3, 0.4) is 0 Å². The van der Waals surface area contributed by atoms with Gasteiger partial charge >= 0.3 is 0 Å². The molecule has 0 amide bonds. The van der Waals surface area contributed by atoms with Crippen LogP contribution < -0.4 is 5.32 Å². The largest absolute Gasteiger partial charge is 0.369 e. The summed E-state index contributed by atoms with van der Waals surface area (Å²) >= 11 is 8.04. The number of thiophene rings is 1. The van der Waals surface area contributed by atoms with Crippen LogP contribution in [0.1, 0.15) is 48.9 Å². The zero-order chi connectivity index (χ0) is 15.0. The summed E-state index contributed by atoms with van der Waals surface area (Å²) in [5.41, 5.74) is 1.00. The van der Waals surface area contributed by atoms with Gasteiger partial charge in [-0.05, 0) is 31.2 Å². The Labute approximate surface area is 134 Å². The first-order valence-electron chi connectivity index (χ1n) is 7.29. The lowest BCUT2D eigenvalue weighted by Crippen LogP contribution is -2.27. The SMILES string of the molecule is Cc1c(Cl)nc(C2CC2)nc1NCC(C)(C)c1cccs1. The second-order valence-electron chi connectivity index (χ2n) is 6.34. The third-order valence-corrected chi connectivity index (χ3v) is 5.54. The first kappa shape index (κ1) is 14.8. The standard InChI is InChI=1S/C16H20ClN3S/c1-10-13(17)19-15(11-6-7-11)20-14(10)18-9-16(2,3)12-5-4-8-21-12/h4-5,8,11H,6-7,9H2,1-3H3,(H,18,19,20). The molecule has 1 saturated carbocycles. The van der Waals surface area contributed by atoms with Crippen molar-refractivity contribution in [2.75, 3.05) is 11.9 Å². The molecule has 1 fully saturated rings. The van der Waals surface area contributed by atoms with Crippen LogP contribution in [0.2, 0.25) is 5.15 Å². The maximum atomic E-state index is 6.25. The van der Waals surface area contributed by atoms with Crippen molar-refractivity contribution in [3.05, 3.63) is 38.9 Å². The second-order valence-corrected chi connectivity index (χ2v) is 7.64. The van der Waals surface area contributed by atoms with Gasteiger partial charge in [0.25, 0.3) is 0 Å². The third kappa shape index (κ3) is 3.22. The number of halogens is 1. The van der Waals surface area contributed by atoms with Gasteiger partial charge in [0.1, 0.15) is 16.8 Å². The van der Waals surface area contributed by atoms with Crippen molar-refractivity contribution in [3.8, 4) is 0 Å². The van der Waals surface area contributed by atoms with Crippen molar-refractivity contribution in [3.63, 3.8) is 0 Å². The van der Waals surface area contributed by atoms with Crippen molar-refractivity contribution in [1.29, 1.82) is 0 Å². The van der Waals surface area contributed by atoms with E-state index in [1.807, 2.05) is 6.92 Å². The molecule has 2 aromatic rings. The Bertz CT molecular complexity index is 633. The van der Waals surface area contributed by atoms with Crippen LogP contribution in [-0.2, 0) is 5.41 Å². The van der Waals surface area contributed by atoms with E-state index in [-0.39, 0.29) is 5.41 Å². The van der Waals surface area contributed by atoms with E-state index < -0.39 is 0 Å². The number of nitrogens with one attached hydrogen (secondary N) is 1. The Hall–Kier alpha value is -1.13. The maximum Gasteiger partial charge on any atom is 0.137 e. The Morgan fingerprint density at radius 3 is 2.76 bits per heavy atom. The zero-order valence-corrected chi connectivity index (χ0v) is 14.2. The summed E-state index contributed by atoms with van der Waals surface area (Å²) in [6, 6.07) is 4.28. The van der Waals surface area contributed by atoms with Crippen LogP contribution in [-0.4, -0.2) is 16.5 Å². The minimum Gasteiger partial charge on any atom is -0.369 e. The molecule has 0 bridgehead atoms. The highest BCUT2D eigenvalue weighted by Crippen LogP contribution is 2.39. The molecule has 5 heteroatoms. The highest BCUT2D eigenvalue weighted by Gasteiger charge is 2.28. The van der Waals surface area contributed by atoms with Gasteiger partial charge < -0.3 is 5.32 Å². The van der Waals surface area contributed by atoms with Gasteiger partial charge in [0.2, 0.25) is 0 Å². The van der Waals surface area contributed by atoms with Crippen molar-refractivity contribution in [1.82, 2.24) is 9.97 Å². The lowest BCUT2D eigenvalue weighted by atomic mass is 9.91. The van der Waals surface area contributed by atoms with Crippen LogP contribution in [0.4, 0.5) is 5.82 Å². The minimum atomic E-state index is 0.0672. The number of anilines is 1. The number of nitrogens with zero attached hydrogens (tertiary/aromatic N) is 2. The summed E-state index contributed by atoms with van der Waals surface area (Å²) in [6.45, 7) is 7.28. The van der Waals surface area contributed by atoms with Crippen LogP contribution in [0.25, 0.3) is 0 Å². The molecule has 21 heavy (non-hydrogen) atoms. The lowest BCUT2D eigenvalue weighted by Gasteiger charge is -2.24. The van der Waals surface area contributed by atoms with Crippen LogP contribution in [0, 0.1) is 6.92 Å². The van der Waals surface area contributed by atoms with E-state index in [1.165, 1.54) is 17.7 Å². The van der Waals surface area contributed by atoms with Gasteiger partial charge in [-0.25, -0.2) is 9.97 Å². The predicted molar refractivity (Wildman–Crippen MR) is 89.6 cm³/mol. The van der Waals surface area contributed by atoms with Crippen molar-refractivity contribution < 1.29 is 0 Å². The molecule has 1 aliphatic carbocycles. The molecule has 3 nitrogen and oxygen atoms in total.